The Hall–Kier alpha value is -0.510. The zero-order valence-corrected chi connectivity index (χ0v) is 8.54. The molecule has 0 spiro atoms. The lowest BCUT2D eigenvalue weighted by molar-refractivity contribution is -0.162. The van der Waals surface area contributed by atoms with Crippen molar-refractivity contribution in [3.05, 3.63) is 0 Å². The van der Waals surface area contributed by atoms with E-state index in [0.29, 0.717) is 24.1 Å². The average molecular weight is 208 g/mol. The Balaban J connectivity index is 3.26. The average Bonchev–Trinajstić information content (AvgIpc) is 2.02. The maximum Gasteiger partial charge on any atom is 0.505 e. The fourth-order valence-corrected chi connectivity index (χ4v) is 1.34. The molecule has 0 radical (unpaired) electrons. The van der Waals surface area contributed by atoms with Gasteiger partial charge < -0.3 is 0 Å². The number of carbonyl (C=O) groups excluding carboxylic acids is 1. The van der Waals surface area contributed by atoms with Gasteiger partial charge in [-0.3, -0.25) is 10.0 Å². The minimum absolute atomic E-state index is 0.289. The summed E-state index contributed by atoms with van der Waals surface area (Å²) >= 11 is 0. The second-order valence-corrected chi connectivity index (χ2v) is 3.93. The lowest BCUT2D eigenvalue weighted by Crippen LogP contribution is -2.25. The Kier molecular flexibility index (Phi) is 6.68. The van der Waals surface area contributed by atoms with E-state index in [1.807, 2.05) is 0 Å². The molecule has 5 nitrogen and oxygen atoms in total. The van der Waals surface area contributed by atoms with Crippen LogP contribution in [0.4, 0.5) is 0 Å². The number of hydrogen-bond acceptors (Lipinski definition) is 3. The summed E-state index contributed by atoms with van der Waals surface area (Å²) in [6, 6.07) is 0. The van der Waals surface area contributed by atoms with Crippen molar-refractivity contribution in [2.45, 2.75) is 26.2 Å². The third-order valence-corrected chi connectivity index (χ3v) is 2.28. The molecule has 0 aromatic rings. The van der Waals surface area contributed by atoms with Crippen LogP contribution in [0, 0.1) is 0 Å². The van der Waals surface area contributed by atoms with Crippen LogP contribution in [0.1, 0.15) is 26.2 Å². The second-order valence-electron chi connectivity index (χ2n) is 2.78. The smallest absolute Gasteiger partial charge is 0.286 e. The molecule has 0 aliphatic heterocycles. The van der Waals surface area contributed by atoms with Crippen LogP contribution in [-0.4, -0.2) is 33.8 Å². The molecule has 0 rings (SSSR count). The van der Waals surface area contributed by atoms with Gasteiger partial charge in [-0.2, -0.15) is 4.89 Å². The molecule has 6 heteroatoms. The van der Waals surface area contributed by atoms with Gasteiger partial charge >= 0.3 is 8.03 Å². The van der Waals surface area contributed by atoms with Gasteiger partial charge in [-0.25, -0.2) is 5.06 Å². The molecule has 0 aliphatic rings. The monoisotopic (exact) mass is 208 g/mol. The molecule has 0 aliphatic carbocycles. The van der Waals surface area contributed by atoms with E-state index in [0.717, 1.165) is 6.42 Å². The van der Waals surface area contributed by atoms with Crippen molar-refractivity contribution in [2.24, 2.45) is 0 Å². The molecule has 76 valence electrons. The van der Waals surface area contributed by atoms with Crippen LogP contribution in [0.3, 0.4) is 0 Å². The van der Waals surface area contributed by atoms with Gasteiger partial charge in [0.05, 0.1) is 0 Å². The van der Waals surface area contributed by atoms with Crippen molar-refractivity contribution < 1.29 is 19.5 Å². The first-order valence-electron chi connectivity index (χ1n) is 4.14. The van der Waals surface area contributed by atoms with Crippen molar-refractivity contribution in [2.75, 3.05) is 12.7 Å². The molecule has 1 amide bonds. The number of unbranched alkanes of at least 4 members (excludes halogenated alkanes) is 2. The fourth-order valence-electron chi connectivity index (χ4n) is 0.843. The van der Waals surface area contributed by atoms with Gasteiger partial charge in [0.2, 0.25) is 5.91 Å². The minimum atomic E-state index is -2.04. The van der Waals surface area contributed by atoms with Crippen molar-refractivity contribution in [1.82, 2.24) is 5.06 Å². The standard InChI is InChI=1S/C7H14NO4P/c1-7(9)8(10)5-3-2-4-6-13(11)12/h10H,2-6H2,1H3/p+1. The van der Waals surface area contributed by atoms with Crippen LogP contribution >= 0.6 is 8.03 Å². The van der Waals surface area contributed by atoms with E-state index >= 15 is 0 Å². The van der Waals surface area contributed by atoms with E-state index in [-0.39, 0.29) is 12.5 Å². The molecule has 0 fully saturated rings. The number of amides is 1. The normalized spacial score (nSPS) is 11.2. The summed E-state index contributed by atoms with van der Waals surface area (Å²) < 4.78 is 10.2. The van der Waals surface area contributed by atoms with E-state index in [1.165, 1.54) is 6.92 Å². The number of carbonyl (C=O) groups is 1. The maximum atomic E-state index is 10.5. The lowest BCUT2D eigenvalue weighted by Gasteiger charge is -2.10. The first-order valence-corrected chi connectivity index (χ1v) is 5.54. The van der Waals surface area contributed by atoms with Crippen molar-refractivity contribution in [3.63, 3.8) is 0 Å². The van der Waals surface area contributed by atoms with Crippen LogP contribution in [0.25, 0.3) is 0 Å². The van der Waals surface area contributed by atoms with Gasteiger partial charge in [0.1, 0.15) is 0 Å². The topological polar surface area (TPSA) is 77.8 Å². The third-order valence-electron chi connectivity index (χ3n) is 1.58. The maximum absolute atomic E-state index is 10.5. The number of hydroxylamine groups is 2. The SMILES string of the molecule is CC(=O)N(O)CCCCC[P+](=O)O. The molecule has 0 bridgehead atoms. The van der Waals surface area contributed by atoms with E-state index in [9.17, 15) is 9.36 Å². The summed E-state index contributed by atoms with van der Waals surface area (Å²) in [5.74, 6) is -0.381. The van der Waals surface area contributed by atoms with E-state index < -0.39 is 8.03 Å². The summed E-state index contributed by atoms with van der Waals surface area (Å²) in [7, 11) is -2.04. The Labute approximate surface area is 78.2 Å². The molecule has 0 heterocycles. The molecule has 1 unspecified atom stereocenters. The van der Waals surface area contributed by atoms with Crippen LogP contribution in [0.5, 0.6) is 0 Å². The Morgan fingerprint density at radius 3 is 2.46 bits per heavy atom. The molecule has 0 saturated heterocycles. The highest BCUT2D eigenvalue weighted by Crippen LogP contribution is 2.15. The van der Waals surface area contributed by atoms with E-state index in [4.69, 9.17) is 10.1 Å². The molecule has 1 atom stereocenters. The summed E-state index contributed by atoms with van der Waals surface area (Å²) in [5, 5.41) is 9.56. The highest BCUT2D eigenvalue weighted by molar-refractivity contribution is 7.37. The van der Waals surface area contributed by atoms with Crippen LogP contribution in [0.2, 0.25) is 0 Å². The van der Waals surface area contributed by atoms with Crippen molar-refractivity contribution in [1.29, 1.82) is 0 Å². The summed E-state index contributed by atoms with van der Waals surface area (Å²) in [4.78, 5) is 18.9. The van der Waals surface area contributed by atoms with Gasteiger partial charge in [-0.15, -0.1) is 0 Å². The molecule has 0 saturated carbocycles. The highest BCUT2D eigenvalue weighted by Gasteiger charge is 2.09. The van der Waals surface area contributed by atoms with Crippen molar-refractivity contribution in [3.8, 4) is 0 Å². The zero-order valence-electron chi connectivity index (χ0n) is 7.64. The van der Waals surface area contributed by atoms with Crippen LogP contribution in [0.15, 0.2) is 0 Å². The highest BCUT2D eigenvalue weighted by atomic mass is 31.1. The Bertz CT molecular complexity index is 185. The van der Waals surface area contributed by atoms with Gasteiger partial charge in [0, 0.05) is 13.5 Å². The second kappa shape index (κ2) is 6.95. The molecule has 13 heavy (non-hydrogen) atoms. The number of nitrogens with zero attached hydrogens (tertiary/aromatic N) is 1. The van der Waals surface area contributed by atoms with Crippen LogP contribution in [-0.2, 0) is 9.36 Å². The van der Waals surface area contributed by atoms with Crippen LogP contribution < -0.4 is 0 Å². The number of rotatable bonds is 6. The Morgan fingerprint density at radius 2 is 2.00 bits per heavy atom. The summed E-state index contributed by atoms with van der Waals surface area (Å²) in [6.45, 7) is 1.57. The largest absolute Gasteiger partial charge is 0.505 e. The zero-order chi connectivity index (χ0) is 10.3. The predicted octanol–water partition coefficient (Wildman–Crippen LogP) is 1.13. The molecule has 0 aromatic heterocycles. The molecular formula is C7H15NO4P+. The molecule has 0 aromatic carbocycles. The third kappa shape index (κ3) is 7.84. The van der Waals surface area contributed by atoms with Gasteiger partial charge in [0.25, 0.3) is 0 Å². The fraction of sp³-hybridized carbons (Fsp3) is 0.857. The van der Waals surface area contributed by atoms with Gasteiger partial charge in [0.15, 0.2) is 6.16 Å². The van der Waals surface area contributed by atoms with Crippen molar-refractivity contribution >= 4 is 13.9 Å². The molecular weight excluding hydrogens is 193 g/mol. The summed E-state index contributed by atoms with van der Waals surface area (Å²) in [5.41, 5.74) is 0. The van der Waals surface area contributed by atoms with Gasteiger partial charge in [-0.05, 0) is 23.8 Å². The Morgan fingerprint density at radius 1 is 1.38 bits per heavy atom. The molecule has 2 N–H and O–H groups in total. The summed E-state index contributed by atoms with van der Waals surface area (Å²) in [6.07, 6.45) is 2.34. The van der Waals surface area contributed by atoms with E-state index in [1.54, 1.807) is 0 Å². The first-order chi connectivity index (χ1) is 6.04. The minimum Gasteiger partial charge on any atom is -0.286 e. The van der Waals surface area contributed by atoms with E-state index in [2.05, 4.69) is 0 Å². The lowest BCUT2D eigenvalue weighted by atomic mass is 10.2. The number of hydrogen-bond donors (Lipinski definition) is 2. The van der Waals surface area contributed by atoms with Gasteiger partial charge in [-0.1, -0.05) is 0 Å². The quantitative estimate of drug-likeness (QED) is 0.297. The predicted molar refractivity (Wildman–Crippen MR) is 47.7 cm³/mol. The first kappa shape index (κ1) is 12.5.